The lowest BCUT2D eigenvalue weighted by molar-refractivity contribution is -0.118. The van der Waals surface area contributed by atoms with Crippen molar-refractivity contribution in [2.75, 3.05) is 0 Å². The number of carbonyl (C=O) groups is 1. The molecule has 3 rings (SSSR count). The molecule has 1 amide bonds. The Kier molecular flexibility index (Phi) is 7.58. The SMILES string of the molecule is CCCCc1ccc([C@@H](NCc2nc3ccccc3c(=O)n2CC(N)=O)C(C)C)cc1. The van der Waals surface area contributed by atoms with Gasteiger partial charge in [-0.1, -0.05) is 63.6 Å². The number of benzene rings is 2. The van der Waals surface area contributed by atoms with E-state index in [1.165, 1.54) is 28.5 Å². The first-order valence-electron chi connectivity index (χ1n) is 11.0. The van der Waals surface area contributed by atoms with Crippen molar-refractivity contribution in [2.24, 2.45) is 11.7 Å². The van der Waals surface area contributed by atoms with Crippen molar-refractivity contribution >= 4 is 16.8 Å². The van der Waals surface area contributed by atoms with E-state index < -0.39 is 5.91 Å². The molecule has 0 unspecified atom stereocenters. The second-order valence-electron chi connectivity index (χ2n) is 8.35. The van der Waals surface area contributed by atoms with Gasteiger partial charge in [0.15, 0.2) is 0 Å². The summed E-state index contributed by atoms with van der Waals surface area (Å²) < 4.78 is 1.38. The summed E-state index contributed by atoms with van der Waals surface area (Å²) in [5, 5.41) is 4.03. The van der Waals surface area contributed by atoms with Crippen molar-refractivity contribution in [3.05, 3.63) is 75.8 Å². The average molecular weight is 421 g/mol. The van der Waals surface area contributed by atoms with Gasteiger partial charge in [-0.2, -0.15) is 0 Å². The van der Waals surface area contributed by atoms with E-state index in [2.05, 4.69) is 55.3 Å². The Bertz CT molecular complexity index is 1090. The van der Waals surface area contributed by atoms with E-state index in [0.717, 1.165) is 6.42 Å². The fourth-order valence-electron chi connectivity index (χ4n) is 3.88. The van der Waals surface area contributed by atoms with Crippen molar-refractivity contribution in [3.63, 3.8) is 0 Å². The van der Waals surface area contributed by atoms with Crippen LogP contribution in [0.15, 0.2) is 53.3 Å². The number of rotatable bonds is 10. The molecule has 0 radical (unpaired) electrons. The molecule has 0 fully saturated rings. The van der Waals surface area contributed by atoms with Crippen molar-refractivity contribution in [1.82, 2.24) is 14.9 Å². The number of aryl methyl sites for hydroxylation is 1. The van der Waals surface area contributed by atoms with Gasteiger partial charge in [0.05, 0.1) is 17.4 Å². The van der Waals surface area contributed by atoms with E-state index in [1.807, 2.05) is 12.1 Å². The van der Waals surface area contributed by atoms with E-state index in [9.17, 15) is 9.59 Å². The van der Waals surface area contributed by atoms with Crippen LogP contribution in [-0.2, 0) is 24.3 Å². The van der Waals surface area contributed by atoms with E-state index in [0.29, 0.717) is 29.2 Å². The zero-order valence-electron chi connectivity index (χ0n) is 18.6. The number of carbonyl (C=O) groups excluding carboxylic acids is 1. The molecule has 1 atom stereocenters. The van der Waals surface area contributed by atoms with Crippen molar-refractivity contribution in [3.8, 4) is 0 Å². The third kappa shape index (κ3) is 5.58. The van der Waals surface area contributed by atoms with Gasteiger partial charge in [0.2, 0.25) is 5.91 Å². The molecule has 0 aliphatic rings. The van der Waals surface area contributed by atoms with Gasteiger partial charge in [0.1, 0.15) is 12.4 Å². The van der Waals surface area contributed by atoms with Gasteiger partial charge in [0.25, 0.3) is 5.56 Å². The fourth-order valence-corrected chi connectivity index (χ4v) is 3.88. The molecular weight excluding hydrogens is 388 g/mol. The molecular formula is C25H32N4O2. The summed E-state index contributed by atoms with van der Waals surface area (Å²) >= 11 is 0. The number of nitrogens with one attached hydrogen (secondary N) is 1. The summed E-state index contributed by atoms with van der Waals surface area (Å²) in [4.78, 5) is 29.2. The maximum atomic E-state index is 12.9. The molecule has 31 heavy (non-hydrogen) atoms. The van der Waals surface area contributed by atoms with Gasteiger partial charge in [-0.25, -0.2) is 4.98 Å². The summed E-state index contributed by atoms with van der Waals surface area (Å²) in [7, 11) is 0. The highest BCUT2D eigenvalue weighted by atomic mass is 16.2. The minimum atomic E-state index is -0.566. The molecule has 6 heteroatoms. The molecule has 6 nitrogen and oxygen atoms in total. The molecule has 3 aromatic rings. The Morgan fingerprint density at radius 3 is 2.48 bits per heavy atom. The van der Waals surface area contributed by atoms with Crippen LogP contribution in [0, 0.1) is 5.92 Å². The molecule has 0 saturated carbocycles. The quantitative estimate of drug-likeness (QED) is 0.523. The van der Waals surface area contributed by atoms with Crippen LogP contribution in [0.5, 0.6) is 0 Å². The van der Waals surface area contributed by atoms with Gasteiger partial charge in [0, 0.05) is 6.04 Å². The van der Waals surface area contributed by atoms with E-state index in [-0.39, 0.29) is 18.1 Å². The summed E-state index contributed by atoms with van der Waals surface area (Å²) in [6.07, 6.45) is 3.47. The zero-order valence-corrected chi connectivity index (χ0v) is 18.6. The highest BCUT2D eigenvalue weighted by Crippen LogP contribution is 2.23. The van der Waals surface area contributed by atoms with Crippen LogP contribution in [0.2, 0.25) is 0 Å². The first kappa shape index (κ1) is 22.7. The number of aromatic nitrogens is 2. The lowest BCUT2D eigenvalue weighted by Gasteiger charge is -2.24. The molecule has 2 aromatic carbocycles. The predicted octanol–water partition coefficient (Wildman–Crippen LogP) is 3.71. The van der Waals surface area contributed by atoms with Gasteiger partial charge in [-0.3, -0.25) is 14.2 Å². The third-order valence-electron chi connectivity index (χ3n) is 5.56. The van der Waals surface area contributed by atoms with Crippen LogP contribution >= 0.6 is 0 Å². The monoisotopic (exact) mass is 420 g/mol. The topological polar surface area (TPSA) is 90.0 Å². The lowest BCUT2D eigenvalue weighted by Crippen LogP contribution is -2.34. The van der Waals surface area contributed by atoms with Crippen LogP contribution < -0.4 is 16.6 Å². The molecule has 0 bridgehead atoms. The number of hydrogen-bond donors (Lipinski definition) is 2. The van der Waals surface area contributed by atoms with Crippen LogP contribution in [0.25, 0.3) is 10.9 Å². The number of para-hydroxylation sites is 1. The Labute approximate surface area is 183 Å². The largest absolute Gasteiger partial charge is 0.368 e. The Morgan fingerprint density at radius 2 is 1.84 bits per heavy atom. The molecule has 0 spiro atoms. The maximum Gasteiger partial charge on any atom is 0.261 e. The summed E-state index contributed by atoms with van der Waals surface area (Å²) in [5.41, 5.74) is 8.31. The molecule has 1 heterocycles. The standard InChI is InChI=1S/C25H32N4O2/c1-4-5-8-18-11-13-19(14-12-18)24(17(2)3)27-15-23-28-21-10-7-6-9-20(21)25(31)29(23)16-22(26)30/h6-7,9-14,17,24,27H,4-5,8,15-16H2,1-3H3,(H2,26,30)/t24-/m0/s1. The predicted molar refractivity (Wildman–Crippen MR) is 125 cm³/mol. The number of nitrogens with zero attached hydrogens (tertiary/aromatic N) is 2. The lowest BCUT2D eigenvalue weighted by atomic mass is 9.94. The highest BCUT2D eigenvalue weighted by molar-refractivity contribution is 5.78. The summed E-state index contributed by atoms with van der Waals surface area (Å²) in [5.74, 6) is 0.273. The molecule has 1 aromatic heterocycles. The normalized spacial score (nSPS) is 12.4. The van der Waals surface area contributed by atoms with Gasteiger partial charge < -0.3 is 11.1 Å². The highest BCUT2D eigenvalue weighted by Gasteiger charge is 2.18. The minimum Gasteiger partial charge on any atom is -0.368 e. The van der Waals surface area contributed by atoms with E-state index in [1.54, 1.807) is 12.1 Å². The number of unbranched alkanes of at least 4 members (excludes halogenated alkanes) is 1. The zero-order chi connectivity index (χ0) is 22.4. The minimum absolute atomic E-state index is 0.0885. The molecule has 0 saturated heterocycles. The summed E-state index contributed by atoms with van der Waals surface area (Å²) in [6.45, 7) is 6.69. The van der Waals surface area contributed by atoms with Crippen molar-refractivity contribution in [2.45, 2.75) is 59.2 Å². The first-order valence-corrected chi connectivity index (χ1v) is 11.0. The van der Waals surface area contributed by atoms with Crippen molar-refractivity contribution in [1.29, 1.82) is 0 Å². The van der Waals surface area contributed by atoms with Gasteiger partial charge >= 0.3 is 0 Å². The number of amides is 1. The number of nitrogens with two attached hydrogens (primary N) is 1. The van der Waals surface area contributed by atoms with Crippen LogP contribution in [0.3, 0.4) is 0 Å². The number of primary amides is 1. The van der Waals surface area contributed by atoms with Gasteiger partial charge in [-0.15, -0.1) is 0 Å². The molecule has 0 aliphatic heterocycles. The second kappa shape index (κ2) is 10.4. The third-order valence-corrected chi connectivity index (χ3v) is 5.56. The van der Waals surface area contributed by atoms with E-state index >= 15 is 0 Å². The Balaban J connectivity index is 1.88. The van der Waals surface area contributed by atoms with Crippen LogP contribution in [0.4, 0.5) is 0 Å². The molecule has 0 aliphatic carbocycles. The fraction of sp³-hybridized carbons (Fsp3) is 0.400. The van der Waals surface area contributed by atoms with Gasteiger partial charge in [-0.05, 0) is 42.0 Å². The number of fused-ring (bicyclic) bond motifs is 1. The van der Waals surface area contributed by atoms with Crippen LogP contribution in [0.1, 0.15) is 56.6 Å². The maximum absolute atomic E-state index is 12.9. The Hall–Kier alpha value is -2.99. The second-order valence-corrected chi connectivity index (χ2v) is 8.35. The molecule has 3 N–H and O–H groups in total. The molecule has 164 valence electrons. The van der Waals surface area contributed by atoms with Crippen LogP contribution in [-0.4, -0.2) is 15.5 Å². The average Bonchev–Trinajstić information content (AvgIpc) is 2.75. The van der Waals surface area contributed by atoms with Crippen molar-refractivity contribution < 1.29 is 4.79 Å². The number of hydrogen-bond acceptors (Lipinski definition) is 4. The Morgan fingerprint density at radius 1 is 1.13 bits per heavy atom. The smallest absolute Gasteiger partial charge is 0.261 e. The van der Waals surface area contributed by atoms with E-state index in [4.69, 9.17) is 5.73 Å². The first-order chi connectivity index (χ1) is 14.9. The summed E-state index contributed by atoms with van der Waals surface area (Å²) in [6, 6.07) is 16.0.